The highest BCUT2D eigenvalue weighted by Crippen LogP contribution is 2.18. The number of hydrogen-bond donors (Lipinski definition) is 2. The van der Waals surface area contributed by atoms with E-state index >= 15 is 0 Å². The summed E-state index contributed by atoms with van der Waals surface area (Å²) in [6, 6.07) is 0. The van der Waals surface area contributed by atoms with Gasteiger partial charge in [-0.3, -0.25) is 4.79 Å². The molecule has 0 aromatic carbocycles. The van der Waals surface area contributed by atoms with Crippen LogP contribution in [0.4, 0.5) is 0 Å². The summed E-state index contributed by atoms with van der Waals surface area (Å²) >= 11 is 0. The fraction of sp³-hybridized carbons (Fsp3) is 0.917. The van der Waals surface area contributed by atoms with Crippen molar-refractivity contribution in [3.8, 4) is 0 Å². The molecule has 0 bridgehead atoms. The van der Waals surface area contributed by atoms with Gasteiger partial charge in [-0.2, -0.15) is 0 Å². The molecular weight excluding hydrogens is 206 g/mol. The Morgan fingerprint density at radius 1 is 1.56 bits per heavy atom. The maximum Gasteiger partial charge on any atom is 0.222 e. The van der Waals surface area contributed by atoms with Crippen LogP contribution < -0.4 is 5.32 Å². The lowest BCUT2D eigenvalue weighted by Crippen LogP contribution is -2.40. The third kappa shape index (κ3) is 4.49. The van der Waals surface area contributed by atoms with Crippen LogP contribution in [-0.2, 0) is 9.53 Å². The van der Waals surface area contributed by atoms with Crippen LogP contribution in [0.2, 0.25) is 0 Å². The lowest BCUT2D eigenvalue weighted by molar-refractivity contribution is -0.124. The number of rotatable bonds is 4. The summed E-state index contributed by atoms with van der Waals surface area (Å²) in [5, 5.41) is 12.5. The van der Waals surface area contributed by atoms with Crippen LogP contribution in [0.1, 0.15) is 40.0 Å². The van der Waals surface area contributed by atoms with E-state index < -0.39 is 6.10 Å². The molecule has 0 aromatic rings. The van der Waals surface area contributed by atoms with Gasteiger partial charge in [0.2, 0.25) is 5.91 Å². The summed E-state index contributed by atoms with van der Waals surface area (Å²) in [5.41, 5.74) is -0.197. The number of hydrogen-bond acceptors (Lipinski definition) is 3. The van der Waals surface area contributed by atoms with Gasteiger partial charge < -0.3 is 15.2 Å². The van der Waals surface area contributed by atoms with Crippen molar-refractivity contribution in [3.63, 3.8) is 0 Å². The lowest BCUT2D eigenvalue weighted by atomic mass is 9.89. The Balaban J connectivity index is 2.19. The van der Waals surface area contributed by atoms with Crippen molar-refractivity contribution in [3.05, 3.63) is 0 Å². The third-order valence-electron chi connectivity index (χ3n) is 2.93. The zero-order valence-corrected chi connectivity index (χ0v) is 10.5. The molecule has 0 aliphatic carbocycles. The zero-order valence-electron chi connectivity index (χ0n) is 10.5. The van der Waals surface area contributed by atoms with Crippen LogP contribution in [0.5, 0.6) is 0 Å². The number of aliphatic hydroxyl groups is 1. The predicted molar refractivity (Wildman–Crippen MR) is 62.1 cm³/mol. The van der Waals surface area contributed by atoms with E-state index in [0.29, 0.717) is 13.0 Å². The van der Waals surface area contributed by atoms with E-state index in [1.807, 2.05) is 20.8 Å². The van der Waals surface area contributed by atoms with Crippen LogP contribution >= 0.6 is 0 Å². The molecule has 0 spiro atoms. The predicted octanol–water partition coefficient (Wildman–Crippen LogP) is 1.08. The lowest BCUT2D eigenvalue weighted by Gasteiger charge is -2.26. The topological polar surface area (TPSA) is 58.6 Å². The summed E-state index contributed by atoms with van der Waals surface area (Å²) < 4.78 is 5.37. The van der Waals surface area contributed by atoms with E-state index in [0.717, 1.165) is 19.4 Å². The molecule has 94 valence electrons. The van der Waals surface area contributed by atoms with Gasteiger partial charge in [-0.1, -0.05) is 20.8 Å². The molecule has 16 heavy (non-hydrogen) atoms. The van der Waals surface area contributed by atoms with Crippen molar-refractivity contribution in [1.82, 2.24) is 5.32 Å². The highest BCUT2D eigenvalue weighted by molar-refractivity contribution is 5.76. The van der Waals surface area contributed by atoms with E-state index in [4.69, 9.17) is 4.74 Å². The van der Waals surface area contributed by atoms with E-state index in [-0.39, 0.29) is 17.4 Å². The van der Waals surface area contributed by atoms with E-state index in [1.165, 1.54) is 0 Å². The first-order valence-corrected chi connectivity index (χ1v) is 5.96. The highest BCUT2D eigenvalue weighted by Gasteiger charge is 2.23. The number of nitrogens with one attached hydrogen (secondary N) is 1. The number of aliphatic hydroxyl groups excluding tert-OH is 1. The molecule has 1 heterocycles. The van der Waals surface area contributed by atoms with E-state index in [2.05, 4.69) is 5.32 Å². The van der Waals surface area contributed by atoms with Crippen molar-refractivity contribution < 1.29 is 14.6 Å². The first-order chi connectivity index (χ1) is 7.39. The first kappa shape index (κ1) is 13.5. The fourth-order valence-electron chi connectivity index (χ4n) is 1.60. The number of ether oxygens (including phenoxy) is 1. The van der Waals surface area contributed by atoms with Crippen molar-refractivity contribution >= 4 is 5.91 Å². The number of carbonyl (C=O) groups is 1. The molecule has 0 saturated carbocycles. The van der Waals surface area contributed by atoms with Crippen LogP contribution in [0, 0.1) is 5.41 Å². The van der Waals surface area contributed by atoms with E-state index in [9.17, 15) is 9.90 Å². The minimum absolute atomic E-state index is 0.0322. The third-order valence-corrected chi connectivity index (χ3v) is 2.93. The molecule has 2 unspecified atom stereocenters. The summed E-state index contributed by atoms with van der Waals surface area (Å²) in [4.78, 5) is 11.5. The van der Waals surface area contributed by atoms with Crippen molar-refractivity contribution in [2.45, 2.75) is 52.2 Å². The normalized spacial score (nSPS) is 23.1. The number of carbonyl (C=O) groups excluding carboxylic acids is 1. The monoisotopic (exact) mass is 229 g/mol. The fourth-order valence-corrected chi connectivity index (χ4v) is 1.60. The zero-order chi connectivity index (χ0) is 12.2. The Morgan fingerprint density at radius 2 is 2.25 bits per heavy atom. The van der Waals surface area contributed by atoms with Crippen molar-refractivity contribution in [1.29, 1.82) is 0 Å². The van der Waals surface area contributed by atoms with Gasteiger partial charge in [-0.15, -0.1) is 0 Å². The average molecular weight is 229 g/mol. The molecule has 1 fully saturated rings. The van der Waals surface area contributed by atoms with Gasteiger partial charge >= 0.3 is 0 Å². The summed E-state index contributed by atoms with van der Waals surface area (Å²) in [6.07, 6.45) is 1.99. The quantitative estimate of drug-likeness (QED) is 0.758. The van der Waals surface area contributed by atoms with Crippen LogP contribution in [0.15, 0.2) is 0 Å². The van der Waals surface area contributed by atoms with Gasteiger partial charge in [0.1, 0.15) is 0 Å². The van der Waals surface area contributed by atoms with Gasteiger partial charge in [0.15, 0.2) is 0 Å². The van der Waals surface area contributed by atoms with Gasteiger partial charge in [-0.25, -0.2) is 0 Å². The molecule has 2 atom stereocenters. The second-order valence-electron chi connectivity index (χ2n) is 5.53. The molecule has 2 N–H and O–H groups in total. The molecule has 0 radical (unpaired) electrons. The minimum Gasteiger partial charge on any atom is -0.391 e. The molecule has 1 rings (SSSR count). The van der Waals surface area contributed by atoms with Crippen molar-refractivity contribution in [2.75, 3.05) is 13.2 Å². The molecule has 0 aromatic heterocycles. The van der Waals surface area contributed by atoms with Crippen LogP contribution in [0.3, 0.4) is 0 Å². The maximum atomic E-state index is 11.5. The van der Waals surface area contributed by atoms with Crippen LogP contribution in [0.25, 0.3) is 0 Å². The molecule has 1 saturated heterocycles. The largest absolute Gasteiger partial charge is 0.391 e. The second-order valence-corrected chi connectivity index (χ2v) is 5.53. The smallest absolute Gasteiger partial charge is 0.222 e. The van der Waals surface area contributed by atoms with Crippen LogP contribution in [-0.4, -0.2) is 36.4 Å². The van der Waals surface area contributed by atoms with Gasteiger partial charge in [0.05, 0.1) is 18.6 Å². The molecule has 4 nitrogen and oxygen atoms in total. The number of amides is 1. The standard InChI is InChI=1S/C12H23NO3/c1-12(2,3)10(14)8-13-11(15)7-9-5-4-6-16-9/h9-10,14H,4-8H2,1-3H3,(H,13,15). The molecule has 4 heteroatoms. The Hall–Kier alpha value is -0.610. The Bertz CT molecular complexity index is 229. The Labute approximate surface area is 97.4 Å². The minimum atomic E-state index is -0.513. The molecule has 1 aliphatic rings. The maximum absolute atomic E-state index is 11.5. The van der Waals surface area contributed by atoms with Gasteiger partial charge in [-0.05, 0) is 18.3 Å². The average Bonchev–Trinajstić information content (AvgIpc) is 2.65. The van der Waals surface area contributed by atoms with E-state index in [1.54, 1.807) is 0 Å². The molecular formula is C12H23NO3. The van der Waals surface area contributed by atoms with Crippen molar-refractivity contribution in [2.24, 2.45) is 5.41 Å². The molecule has 1 aliphatic heterocycles. The highest BCUT2D eigenvalue weighted by atomic mass is 16.5. The van der Waals surface area contributed by atoms with Gasteiger partial charge in [0, 0.05) is 13.2 Å². The summed E-state index contributed by atoms with van der Waals surface area (Å²) in [7, 11) is 0. The Kier molecular flexibility index (Phi) is 4.74. The SMILES string of the molecule is CC(C)(C)C(O)CNC(=O)CC1CCCO1. The Morgan fingerprint density at radius 3 is 2.75 bits per heavy atom. The first-order valence-electron chi connectivity index (χ1n) is 5.96. The van der Waals surface area contributed by atoms with Gasteiger partial charge in [0.25, 0.3) is 0 Å². The summed E-state index contributed by atoms with van der Waals surface area (Å²) in [6.45, 7) is 6.93. The second kappa shape index (κ2) is 5.64. The summed E-state index contributed by atoms with van der Waals surface area (Å²) in [5.74, 6) is -0.0322. The molecule has 1 amide bonds.